The quantitative estimate of drug-likeness (QED) is 0.736. The van der Waals surface area contributed by atoms with Gasteiger partial charge in [-0.2, -0.15) is 8.78 Å². The summed E-state index contributed by atoms with van der Waals surface area (Å²) in [6.07, 6.45) is 0. The smallest absolute Gasteiger partial charge is 0.387 e. The van der Waals surface area contributed by atoms with Crippen molar-refractivity contribution in [2.45, 2.75) is 6.61 Å². The number of para-hydroxylation sites is 2. The Morgan fingerprint density at radius 3 is 2.20 bits per heavy atom. The molecule has 0 saturated heterocycles. The van der Waals surface area contributed by atoms with Crippen LogP contribution in [0.2, 0.25) is 0 Å². The number of benzene rings is 1. The van der Waals surface area contributed by atoms with Gasteiger partial charge in [0.2, 0.25) is 0 Å². The van der Waals surface area contributed by atoms with Crippen molar-refractivity contribution in [3.63, 3.8) is 0 Å². The molecular weight excluding hydrogens is 249 g/mol. The molecule has 0 heterocycles. The first-order valence-corrected chi connectivity index (χ1v) is 6.19. The first-order valence-electron chi connectivity index (χ1n) is 3.64. The Balaban J connectivity index is 2.91. The lowest BCUT2D eigenvalue weighted by Crippen LogP contribution is -2.18. The molecule has 0 amide bonds. The van der Waals surface area contributed by atoms with Crippen LogP contribution in [0.1, 0.15) is 0 Å². The van der Waals surface area contributed by atoms with Gasteiger partial charge in [0.25, 0.3) is 0 Å². The van der Waals surface area contributed by atoms with Crippen molar-refractivity contribution in [1.82, 2.24) is 0 Å². The van der Waals surface area contributed by atoms with E-state index in [0.29, 0.717) is 0 Å². The van der Waals surface area contributed by atoms with Crippen LogP contribution in [0, 0.1) is 0 Å². The number of halogens is 2. The minimum absolute atomic E-state index is 0.355. The Morgan fingerprint density at radius 1 is 1.20 bits per heavy atom. The van der Waals surface area contributed by atoms with Gasteiger partial charge in [0.1, 0.15) is 0 Å². The van der Waals surface area contributed by atoms with Crippen LogP contribution in [0.25, 0.3) is 0 Å². The summed E-state index contributed by atoms with van der Waals surface area (Å²) in [7, 11) is 0. The second kappa shape index (κ2) is 4.85. The van der Waals surface area contributed by atoms with Crippen LogP contribution in [0.4, 0.5) is 8.78 Å². The lowest BCUT2D eigenvalue weighted by atomic mass is 10.3. The summed E-state index contributed by atoms with van der Waals surface area (Å²) in [4.78, 5) is 21.2. The zero-order valence-electron chi connectivity index (χ0n) is 7.13. The first-order chi connectivity index (χ1) is 6.88. The van der Waals surface area contributed by atoms with E-state index < -0.39 is 13.3 Å². The molecule has 0 bridgehead atoms. The van der Waals surface area contributed by atoms with Gasteiger partial charge in [-0.1, -0.05) is 23.9 Å². The molecule has 0 unspecified atom stereocenters. The molecule has 0 N–H and O–H groups in total. The molecule has 0 aliphatic heterocycles. The van der Waals surface area contributed by atoms with E-state index in [4.69, 9.17) is 0 Å². The van der Waals surface area contributed by atoms with Gasteiger partial charge < -0.3 is 19.0 Å². The van der Waals surface area contributed by atoms with Crippen LogP contribution in [0.5, 0.6) is 11.5 Å². The Bertz CT molecular complexity index is 381. The van der Waals surface area contributed by atoms with Crippen molar-refractivity contribution < 1.29 is 27.8 Å². The molecule has 15 heavy (non-hydrogen) atoms. The molecule has 0 atom stereocenters. The first kappa shape index (κ1) is 12.3. The molecule has 0 spiro atoms. The molecule has 0 aliphatic rings. The van der Waals surface area contributed by atoms with Gasteiger partial charge in [0, 0.05) is 0 Å². The Hall–Kier alpha value is -0.750. The summed E-state index contributed by atoms with van der Waals surface area (Å²) in [5.41, 5.74) is 0. The molecule has 8 heteroatoms. The summed E-state index contributed by atoms with van der Waals surface area (Å²) < 4.78 is 32.1. The van der Waals surface area contributed by atoms with Crippen LogP contribution < -0.4 is 19.0 Å². The third kappa shape index (κ3) is 4.53. The lowest BCUT2D eigenvalue weighted by molar-refractivity contribution is -0.313. The number of ether oxygens (including phenoxy) is 1. The molecule has 0 fully saturated rings. The summed E-state index contributed by atoms with van der Waals surface area (Å²) in [6, 6.07) is 5.10. The average Bonchev–Trinajstić information content (AvgIpc) is 2.05. The molecular formula is C7H5F2O4PS-2. The number of rotatable bonds is 4. The molecule has 0 saturated carbocycles. The summed E-state index contributed by atoms with van der Waals surface area (Å²) in [5, 5.41) is 0. The maximum absolute atomic E-state index is 11.9. The van der Waals surface area contributed by atoms with E-state index in [9.17, 15) is 18.6 Å². The van der Waals surface area contributed by atoms with Gasteiger partial charge in [0.15, 0.2) is 11.5 Å². The van der Waals surface area contributed by atoms with Gasteiger partial charge in [-0.05, 0) is 18.9 Å². The highest BCUT2D eigenvalue weighted by molar-refractivity contribution is 8.05. The van der Waals surface area contributed by atoms with E-state index in [1.54, 1.807) is 0 Å². The molecule has 4 nitrogen and oxygen atoms in total. The minimum Gasteiger partial charge on any atom is -0.803 e. The van der Waals surface area contributed by atoms with E-state index in [-0.39, 0.29) is 11.5 Å². The van der Waals surface area contributed by atoms with E-state index in [2.05, 4.69) is 21.1 Å². The van der Waals surface area contributed by atoms with E-state index in [1.807, 2.05) is 0 Å². The summed E-state index contributed by atoms with van der Waals surface area (Å²) >= 11 is 3.97. The normalized spacial score (nSPS) is 11.5. The molecule has 0 radical (unpaired) electrons. The topological polar surface area (TPSA) is 64.6 Å². The highest BCUT2D eigenvalue weighted by atomic mass is 32.5. The molecule has 1 aromatic rings. The Morgan fingerprint density at radius 2 is 1.73 bits per heavy atom. The largest absolute Gasteiger partial charge is 0.803 e. The fraction of sp³-hybridized carbons (Fsp3) is 0.143. The highest BCUT2D eigenvalue weighted by Crippen LogP contribution is 2.36. The third-order valence-electron chi connectivity index (χ3n) is 1.28. The van der Waals surface area contributed by atoms with Crippen LogP contribution in [0.15, 0.2) is 24.3 Å². The van der Waals surface area contributed by atoms with Crippen molar-refractivity contribution >= 4 is 18.5 Å². The average molecular weight is 254 g/mol. The fourth-order valence-electron chi connectivity index (χ4n) is 0.839. The predicted octanol–water partition coefficient (Wildman–Crippen LogP) is 0.612. The maximum atomic E-state index is 11.9. The zero-order valence-corrected chi connectivity index (χ0v) is 8.84. The maximum Gasteiger partial charge on any atom is 0.387 e. The summed E-state index contributed by atoms with van der Waals surface area (Å²) in [6.45, 7) is -7.51. The van der Waals surface area contributed by atoms with Crippen molar-refractivity contribution in [3.05, 3.63) is 24.3 Å². The van der Waals surface area contributed by atoms with Crippen molar-refractivity contribution in [1.29, 1.82) is 0 Å². The molecule has 1 rings (SSSR count). The second-order valence-corrected chi connectivity index (χ2v) is 4.78. The van der Waals surface area contributed by atoms with Crippen LogP contribution >= 0.6 is 6.72 Å². The number of hydrogen-bond acceptors (Lipinski definition) is 5. The van der Waals surface area contributed by atoms with Gasteiger partial charge in [-0.25, -0.2) is 0 Å². The van der Waals surface area contributed by atoms with Crippen molar-refractivity contribution in [2.24, 2.45) is 0 Å². The molecule has 0 aliphatic carbocycles. The Labute approximate surface area is 89.3 Å². The highest BCUT2D eigenvalue weighted by Gasteiger charge is 2.09. The lowest BCUT2D eigenvalue weighted by Gasteiger charge is -2.34. The van der Waals surface area contributed by atoms with Crippen molar-refractivity contribution in [2.75, 3.05) is 0 Å². The number of hydrogen-bond donors (Lipinski definition) is 0. The van der Waals surface area contributed by atoms with Crippen molar-refractivity contribution in [3.8, 4) is 11.5 Å². The van der Waals surface area contributed by atoms with Crippen LogP contribution in [-0.2, 0) is 11.8 Å². The minimum atomic E-state index is -4.45. The van der Waals surface area contributed by atoms with Crippen LogP contribution in [0.3, 0.4) is 0 Å². The van der Waals surface area contributed by atoms with Gasteiger partial charge in [0.05, 0.1) is 0 Å². The fourth-order valence-corrected chi connectivity index (χ4v) is 1.47. The molecule has 84 valence electrons. The zero-order chi connectivity index (χ0) is 11.5. The van der Waals surface area contributed by atoms with E-state index in [0.717, 1.165) is 12.1 Å². The van der Waals surface area contributed by atoms with Gasteiger partial charge in [-0.3, -0.25) is 0 Å². The SMILES string of the molecule is [O-]P([O-])(=S)Oc1ccccc1OC(F)F. The van der Waals surface area contributed by atoms with E-state index >= 15 is 0 Å². The van der Waals surface area contributed by atoms with E-state index in [1.165, 1.54) is 12.1 Å². The Kier molecular flexibility index (Phi) is 3.98. The predicted molar refractivity (Wildman–Crippen MR) is 48.0 cm³/mol. The van der Waals surface area contributed by atoms with Crippen LogP contribution in [-0.4, -0.2) is 6.61 Å². The molecule has 0 aromatic heterocycles. The van der Waals surface area contributed by atoms with Gasteiger partial charge >= 0.3 is 6.61 Å². The standard InChI is InChI=1S/C7H7F2O4PS/c8-7(9)12-5-3-1-2-4-6(5)13-14(10,11)15/h1-4,7H,(H2,10,11,15)/p-2. The molecule has 1 aromatic carbocycles. The summed E-state index contributed by atoms with van der Waals surface area (Å²) in [5.74, 6) is -0.737. The monoisotopic (exact) mass is 254 g/mol. The van der Waals surface area contributed by atoms with Gasteiger partial charge in [-0.15, -0.1) is 0 Å². The second-order valence-electron chi connectivity index (χ2n) is 2.36. The third-order valence-corrected chi connectivity index (χ3v) is 1.92. The number of alkyl halides is 2.